The van der Waals surface area contributed by atoms with Crippen molar-refractivity contribution in [2.45, 2.75) is 0 Å². The van der Waals surface area contributed by atoms with Crippen molar-refractivity contribution >= 4 is 93.5 Å². The van der Waals surface area contributed by atoms with E-state index in [9.17, 15) is 0 Å². The van der Waals surface area contributed by atoms with Crippen molar-refractivity contribution in [3.05, 3.63) is 170 Å². The summed E-state index contributed by atoms with van der Waals surface area (Å²) in [4.78, 5) is 2.38. The zero-order chi connectivity index (χ0) is 32.8. The van der Waals surface area contributed by atoms with Crippen molar-refractivity contribution in [2.24, 2.45) is 0 Å². The summed E-state index contributed by atoms with van der Waals surface area (Å²) in [5.74, 6) is 0. The molecule has 0 radical (unpaired) electrons. The first-order chi connectivity index (χ1) is 24.8. The van der Waals surface area contributed by atoms with E-state index in [1.54, 1.807) is 0 Å². The van der Waals surface area contributed by atoms with E-state index in [0.29, 0.717) is 0 Å². The highest BCUT2D eigenvalue weighted by molar-refractivity contribution is 6.20. The number of aromatic nitrogens is 1. The van der Waals surface area contributed by atoms with Crippen molar-refractivity contribution in [1.29, 1.82) is 0 Å². The van der Waals surface area contributed by atoms with Gasteiger partial charge in [-0.25, -0.2) is 0 Å². The molecule has 0 bridgehead atoms. The molecular formula is C46H28N2O2. The number of hydrogen-bond donors (Lipinski definition) is 0. The van der Waals surface area contributed by atoms with E-state index >= 15 is 0 Å². The van der Waals surface area contributed by atoms with Crippen LogP contribution in [0.5, 0.6) is 0 Å². The zero-order valence-electron chi connectivity index (χ0n) is 26.9. The predicted molar refractivity (Wildman–Crippen MR) is 208 cm³/mol. The molecule has 3 heterocycles. The molecule has 0 saturated heterocycles. The molecule has 0 aliphatic heterocycles. The van der Waals surface area contributed by atoms with E-state index in [1.165, 1.54) is 21.7 Å². The largest absolute Gasteiger partial charge is 0.456 e. The van der Waals surface area contributed by atoms with Gasteiger partial charge in [0.25, 0.3) is 0 Å². The van der Waals surface area contributed by atoms with Gasteiger partial charge in [-0.05, 0) is 83.6 Å². The molecule has 4 nitrogen and oxygen atoms in total. The molecule has 0 unspecified atom stereocenters. The summed E-state index contributed by atoms with van der Waals surface area (Å²) < 4.78 is 15.0. The topological polar surface area (TPSA) is 34.5 Å². The molecule has 0 saturated carbocycles. The van der Waals surface area contributed by atoms with E-state index < -0.39 is 0 Å². The van der Waals surface area contributed by atoms with E-state index in [0.717, 1.165) is 77.5 Å². The summed E-state index contributed by atoms with van der Waals surface area (Å²) >= 11 is 0. The Kier molecular flexibility index (Phi) is 5.63. The van der Waals surface area contributed by atoms with Gasteiger partial charge < -0.3 is 18.3 Å². The third kappa shape index (κ3) is 3.87. The standard InChI is InChI=1S/C46H28N2O2/c1-2-11-30(12-3-1)48-38-16-7-4-13-34(38)35-25-23-32(28-40(35)48)47(39-17-10-20-43-46(39)37-15-6-9-19-42(37)49-43)31-22-24-33-29(27-31)21-26-44-45(33)36-14-5-8-18-41(36)50-44/h1-28H. The Bertz CT molecular complexity index is 3110. The van der Waals surface area contributed by atoms with Crippen LogP contribution in [0.15, 0.2) is 179 Å². The Morgan fingerprint density at radius 3 is 1.78 bits per heavy atom. The minimum Gasteiger partial charge on any atom is -0.456 e. The molecule has 234 valence electrons. The van der Waals surface area contributed by atoms with Gasteiger partial charge >= 0.3 is 0 Å². The molecule has 8 aromatic carbocycles. The van der Waals surface area contributed by atoms with Crippen LogP contribution in [-0.4, -0.2) is 4.57 Å². The second kappa shape index (κ2) is 10.4. The van der Waals surface area contributed by atoms with Crippen LogP contribution in [-0.2, 0) is 0 Å². The summed E-state index contributed by atoms with van der Waals surface area (Å²) in [5, 5.41) is 9.22. The number of hydrogen-bond acceptors (Lipinski definition) is 3. The Labute approximate surface area is 286 Å². The summed E-state index contributed by atoms with van der Waals surface area (Å²) in [6, 6.07) is 60.2. The summed E-state index contributed by atoms with van der Waals surface area (Å²) in [6.45, 7) is 0. The van der Waals surface area contributed by atoms with Crippen molar-refractivity contribution in [3.63, 3.8) is 0 Å². The lowest BCUT2D eigenvalue weighted by molar-refractivity contribution is 0.668. The Morgan fingerprint density at radius 2 is 0.980 bits per heavy atom. The average molecular weight is 641 g/mol. The number of furan rings is 2. The van der Waals surface area contributed by atoms with Crippen LogP contribution in [0.25, 0.3) is 82.1 Å². The quantitative estimate of drug-likeness (QED) is 0.192. The number of fused-ring (bicyclic) bond motifs is 11. The van der Waals surface area contributed by atoms with Gasteiger partial charge in [-0.2, -0.15) is 0 Å². The Balaban J connectivity index is 1.22. The van der Waals surface area contributed by atoms with Crippen molar-refractivity contribution in [1.82, 2.24) is 4.57 Å². The molecule has 4 heteroatoms. The Morgan fingerprint density at radius 1 is 0.380 bits per heavy atom. The van der Waals surface area contributed by atoms with Crippen LogP contribution in [0.2, 0.25) is 0 Å². The highest BCUT2D eigenvalue weighted by Gasteiger charge is 2.22. The van der Waals surface area contributed by atoms with Crippen molar-refractivity contribution in [3.8, 4) is 5.69 Å². The van der Waals surface area contributed by atoms with Crippen LogP contribution < -0.4 is 4.90 Å². The lowest BCUT2D eigenvalue weighted by Crippen LogP contribution is -2.10. The fraction of sp³-hybridized carbons (Fsp3) is 0. The number of nitrogens with zero attached hydrogens (tertiary/aromatic N) is 2. The third-order valence-electron chi connectivity index (χ3n) is 10.2. The van der Waals surface area contributed by atoms with Gasteiger partial charge in [-0.15, -0.1) is 0 Å². The zero-order valence-corrected chi connectivity index (χ0v) is 26.9. The normalized spacial score (nSPS) is 12.0. The maximum atomic E-state index is 6.41. The van der Waals surface area contributed by atoms with E-state index in [4.69, 9.17) is 8.83 Å². The van der Waals surface area contributed by atoms with E-state index in [-0.39, 0.29) is 0 Å². The van der Waals surface area contributed by atoms with Gasteiger partial charge in [-0.1, -0.05) is 97.1 Å². The van der Waals surface area contributed by atoms with Gasteiger partial charge in [0.05, 0.1) is 22.1 Å². The van der Waals surface area contributed by atoms with Gasteiger partial charge in [0.1, 0.15) is 22.3 Å². The molecule has 0 spiro atoms. The molecular weight excluding hydrogens is 613 g/mol. The molecule has 0 amide bonds. The molecule has 0 atom stereocenters. The minimum atomic E-state index is 0.862. The van der Waals surface area contributed by atoms with Gasteiger partial charge in [0, 0.05) is 44.0 Å². The van der Waals surface area contributed by atoms with Gasteiger partial charge in [-0.3, -0.25) is 0 Å². The number of para-hydroxylation sites is 4. The molecule has 11 rings (SSSR count). The summed E-state index contributed by atoms with van der Waals surface area (Å²) in [5.41, 5.74) is 10.2. The summed E-state index contributed by atoms with van der Waals surface area (Å²) in [7, 11) is 0. The fourth-order valence-electron chi connectivity index (χ4n) is 8.00. The average Bonchev–Trinajstić information content (AvgIpc) is 3.85. The van der Waals surface area contributed by atoms with Gasteiger partial charge in [0.15, 0.2) is 0 Å². The molecule has 3 aromatic heterocycles. The Hall–Kier alpha value is -6.78. The second-order valence-corrected chi connectivity index (χ2v) is 12.9. The lowest BCUT2D eigenvalue weighted by atomic mass is 10.0. The first kappa shape index (κ1) is 27.2. The van der Waals surface area contributed by atoms with Crippen LogP contribution in [0, 0.1) is 0 Å². The molecule has 0 aliphatic carbocycles. The van der Waals surface area contributed by atoms with E-state index in [2.05, 4.69) is 155 Å². The third-order valence-corrected chi connectivity index (χ3v) is 10.2. The number of benzene rings is 8. The van der Waals surface area contributed by atoms with Crippen LogP contribution in [0.4, 0.5) is 17.1 Å². The molecule has 0 aliphatic rings. The maximum absolute atomic E-state index is 6.41. The summed E-state index contributed by atoms with van der Waals surface area (Å²) in [6.07, 6.45) is 0. The predicted octanol–water partition coefficient (Wildman–Crippen LogP) is 13.2. The first-order valence-corrected chi connectivity index (χ1v) is 16.9. The SMILES string of the molecule is c1ccc(-n2c3ccccc3c3ccc(N(c4ccc5c(ccc6oc7ccccc7c65)c4)c4cccc5oc6ccccc6c45)cc32)cc1. The highest BCUT2D eigenvalue weighted by atomic mass is 16.3. The molecule has 50 heavy (non-hydrogen) atoms. The van der Waals surface area contributed by atoms with Crippen LogP contribution >= 0.6 is 0 Å². The number of rotatable bonds is 4. The minimum absolute atomic E-state index is 0.862. The lowest BCUT2D eigenvalue weighted by Gasteiger charge is -2.27. The maximum Gasteiger partial charge on any atom is 0.137 e. The number of anilines is 3. The van der Waals surface area contributed by atoms with Crippen LogP contribution in [0.1, 0.15) is 0 Å². The smallest absolute Gasteiger partial charge is 0.137 e. The molecule has 0 N–H and O–H groups in total. The van der Waals surface area contributed by atoms with E-state index in [1.807, 2.05) is 24.3 Å². The highest BCUT2D eigenvalue weighted by Crippen LogP contribution is 2.46. The van der Waals surface area contributed by atoms with Crippen molar-refractivity contribution in [2.75, 3.05) is 4.90 Å². The monoisotopic (exact) mass is 640 g/mol. The molecule has 11 aromatic rings. The molecule has 0 fully saturated rings. The van der Waals surface area contributed by atoms with Crippen LogP contribution in [0.3, 0.4) is 0 Å². The van der Waals surface area contributed by atoms with Gasteiger partial charge in [0.2, 0.25) is 0 Å². The fourth-order valence-corrected chi connectivity index (χ4v) is 8.00. The first-order valence-electron chi connectivity index (χ1n) is 16.9. The van der Waals surface area contributed by atoms with Crippen molar-refractivity contribution < 1.29 is 8.83 Å². The second-order valence-electron chi connectivity index (χ2n) is 12.9.